The smallest absolute Gasteiger partial charge is 0.305 e. The lowest BCUT2D eigenvalue weighted by molar-refractivity contribution is -0.140. The lowest BCUT2D eigenvalue weighted by atomic mass is 10.3. The lowest BCUT2D eigenvalue weighted by Gasteiger charge is -2.03. The molecule has 0 bridgehead atoms. The number of hydrogen-bond acceptors (Lipinski definition) is 3. The van der Waals surface area contributed by atoms with Gasteiger partial charge in [0.2, 0.25) is 5.91 Å². The number of hydrogen-bond donors (Lipinski definition) is 0. The maximum absolute atomic E-state index is 10.5. The molecule has 1 aliphatic rings. The van der Waals surface area contributed by atoms with Crippen molar-refractivity contribution in [2.75, 3.05) is 20.7 Å². The number of carbonyl (C=O) groups excluding carboxylic acids is 2. The summed E-state index contributed by atoms with van der Waals surface area (Å²) < 4.78 is 4.26. The Hall–Kier alpha value is -1.84. The molecule has 0 atom stereocenters. The summed E-state index contributed by atoms with van der Waals surface area (Å²) in [6.45, 7) is 12.4. The quantitative estimate of drug-likeness (QED) is 0.527. The van der Waals surface area contributed by atoms with Crippen LogP contribution in [0.1, 0.15) is 59.8 Å². The van der Waals surface area contributed by atoms with E-state index in [2.05, 4.69) is 24.3 Å². The molecule has 1 fully saturated rings. The normalized spacial score (nSPS) is 12.6. The number of unbranched alkanes of at least 4 members (excludes halogenated alkanes) is 1. The molecule has 4 nitrogen and oxygen atoms in total. The first-order valence-electron chi connectivity index (χ1n) is 8.78. The Bertz CT molecular complexity index is 354. The number of esters is 1. The predicted octanol–water partition coefficient (Wildman–Crippen LogP) is 4.92. The van der Waals surface area contributed by atoms with Gasteiger partial charge in [-0.25, -0.2) is 0 Å². The molecule has 1 saturated heterocycles. The SMILES string of the molecule is C=C/C=C\C=C\CCC.CC.CCC(=O)OC.CN1CCCC1=O. The van der Waals surface area contributed by atoms with E-state index in [0.29, 0.717) is 12.3 Å². The molecule has 1 heterocycles. The summed E-state index contributed by atoms with van der Waals surface area (Å²) in [7, 11) is 3.22. The van der Waals surface area contributed by atoms with Gasteiger partial charge in [-0.1, -0.05) is 71.1 Å². The Labute approximate surface area is 149 Å². The van der Waals surface area contributed by atoms with Crippen LogP contribution in [0.2, 0.25) is 0 Å². The third kappa shape index (κ3) is 22.4. The largest absolute Gasteiger partial charge is 0.469 e. The molecule has 0 spiro atoms. The highest BCUT2D eigenvalue weighted by Crippen LogP contribution is 2.04. The summed E-state index contributed by atoms with van der Waals surface area (Å²) >= 11 is 0. The van der Waals surface area contributed by atoms with Crippen LogP contribution in [0.4, 0.5) is 0 Å². The minimum absolute atomic E-state index is 0.157. The van der Waals surface area contributed by atoms with E-state index >= 15 is 0 Å². The molecule has 1 amide bonds. The van der Waals surface area contributed by atoms with E-state index < -0.39 is 0 Å². The third-order valence-corrected chi connectivity index (χ3v) is 2.78. The van der Waals surface area contributed by atoms with Gasteiger partial charge in [0.15, 0.2) is 0 Å². The van der Waals surface area contributed by atoms with Gasteiger partial charge in [0.05, 0.1) is 7.11 Å². The fourth-order valence-corrected chi connectivity index (χ4v) is 1.41. The van der Waals surface area contributed by atoms with E-state index in [4.69, 9.17) is 0 Å². The monoisotopic (exact) mass is 339 g/mol. The summed E-state index contributed by atoms with van der Waals surface area (Å²) in [4.78, 5) is 22.2. The van der Waals surface area contributed by atoms with Crippen LogP contribution in [-0.4, -0.2) is 37.5 Å². The zero-order valence-corrected chi connectivity index (χ0v) is 16.5. The van der Waals surface area contributed by atoms with Gasteiger partial charge < -0.3 is 9.64 Å². The molecule has 0 N–H and O–H groups in total. The van der Waals surface area contributed by atoms with Crippen LogP contribution in [0.5, 0.6) is 0 Å². The van der Waals surface area contributed by atoms with Gasteiger partial charge in [0.1, 0.15) is 0 Å². The highest BCUT2D eigenvalue weighted by Gasteiger charge is 2.14. The van der Waals surface area contributed by atoms with Crippen molar-refractivity contribution in [3.63, 3.8) is 0 Å². The number of likely N-dealkylation sites (tertiary alicyclic amines) is 1. The van der Waals surface area contributed by atoms with Crippen molar-refractivity contribution in [3.8, 4) is 0 Å². The zero-order valence-electron chi connectivity index (χ0n) is 16.5. The summed E-state index contributed by atoms with van der Waals surface area (Å²) in [5.41, 5.74) is 0. The lowest BCUT2D eigenvalue weighted by Crippen LogP contribution is -2.17. The minimum atomic E-state index is -0.157. The van der Waals surface area contributed by atoms with Crippen molar-refractivity contribution >= 4 is 11.9 Å². The maximum Gasteiger partial charge on any atom is 0.305 e. The zero-order chi connectivity index (χ0) is 19.2. The Morgan fingerprint density at radius 1 is 1.25 bits per heavy atom. The van der Waals surface area contributed by atoms with Gasteiger partial charge in [0, 0.05) is 26.4 Å². The van der Waals surface area contributed by atoms with Crippen molar-refractivity contribution in [2.24, 2.45) is 0 Å². The molecular weight excluding hydrogens is 302 g/mol. The Morgan fingerprint density at radius 2 is 1.88 bits per heavy atom. The molecule has 4 heteroatoms. The Kier molecular flexibility index (Phi) is 26.4. The van der Waals surface area contributed by atoms with E-state index in [9.17, 15) is 9.59 Å². The van der Waals surface area contributed by atoms with Crippen LogP contribution in [-0.2, 0) is 14.3 Å². The molecule has 140 valence electrons. The van der Waals surface area contributed by atoms with Crippen molar-refractivity contribution < 1.29 is 14.3 Å². The first-order chi connectivity index (χ1) is 11.5. The number of allylic oxidation sites excluding steroid dienone is 5. The second-order valence-corrected chi connectivity index (χ2v) is 4.69. The van der Waals surface area contributed by atoms with Crippen LogP contribution in [0.3, 0.4) is 0 Å². The van der Waals surface area contributed by atoms with Crippen LogP contribution >= 0.6 is 0 Å². The predicted molar refractivity (Wildman–Crippen MR) is 104 cm³/mol. The van der Waals surface area contributed by atoms with E-state index in [1.807, 2.05) is 39.1 Å². The van der Waals surface area contributed by atoms with Crippen LogP contribution in [0, 0.1) is 0 Å². The topological polar surface area (TPSA) is 46.6 Å². The highest BCUT2D eigenvalue weighted by atomic mass is 16.5. The van der Waals surface area contributed by atoms with Gasteiger partial charge in [-0.05, 0) is 12.8 Å². The van der Waals surface area contributed by atoms with Gasteiger partial charge >= 0.3 is 5.97 Å². The van der Waals surface area contributed by atoms with E-state index in [1.165, 1.54) is 20.0 Å². The van der Waals surface area contributed by atoms with Gasteiger partial charge in [-0.15, -0.1) is 0 Å². The van der Waals surface area contributed by atoms with Crippen LogP contribution in [0.15, 0.2) is 37.0 Å². The molecule has 0 unspecified atom stereocenters. The number of ether oxygens (including phenoxy) is 1. The molecule has 0 aromatic carbocycles. The standard InChI is InChI=1S/C9H14.C5H9NO.C4H8O2.C2H6/c1-3-5-7-9-8-6-4-2;1-6-4-2-3-5(6)7;1-3-4(5)6-2;1-2/h3,5,7-9H,1,4,6H2,2H3;2-4H2,1H3;3H2,1-2H3;1-2H3/b7-5-,9-8+;;;. The second-order valence-electron chi connectivity index (χ2n) is 4.69. The fourth-order valence-electron chi connectivity index (χ4n) is 1.41. The maximum atomic E-state index is 10.5. The van der Waals surface area contributed by atoms with E-state index in [-0.39, 0.29) is 5.97 Å². The first-order valence-corrected chi connectivity index (χ1v) is 8.78. The number of amides is 1. The summed E-state index contributed by atoms with van der Waals surface area (Å²) in [6, 6.07) is 0. The minimum Gasteiger partial charge on any atom is -0.469 e. The van der Waals surface area contributed by atoms with Crippen molar-refractivity contribution in [2.45, 2.75) is 59.8 Å². The van der Waals surface area contributed by atoms with Gasteiger partial charge in [-0.2, -0.15) is 0 Å². The van der Waals surface area contributed by atoms with Crippen LogP contribution in [0.25, 0.3) is 0 Å². The highest BCUT2D eigenvalue weighted by molar-refractivity contribution is 5.77. The van der Waals surface area contributed by atoms with E-state index in [0.717, 1.165) is 19.4 Å². The molecule has 0 radical (unpaired) electrons. The number of rotatable bonds is 5. The summed E-state index contributed by atoms with van der Waals surface area (Å²) in [5.74, 6) is 0.134. The van der Waals surface area contributed by atoms with Gasteiger partial charge in [0.25, 0.3) is 0 Å². The molecule has 0 aliphatic carbocycles. The number of carbonyl (C=O) groups is 2. The molecule has 0 aromatic heterocycles. The fraction of sp³-hybridized carbons (Fsp3) is 0.600. The first kappa shape index (κ1) is 27.0. The Balaban J connectivity index is -0.000000266. The molecule has 1 rings (SSSR count). The van der Waals surface area contributed by atoms with Crippen molar-refractivity contribution in [1.82, 2.24) is 4.90 Å². The molecular formula is C20H37NO3. The van der Waals surface area contributed by atoms with Crippen LogP contribution < -0.4 is 0 Å². The summed E-state index contributed by atoms with van der Waals surface area (Å²) in [5, 5.41) is 0. The number of methoxy groups -OCH3 is 1. The van der Waals surface area contributed by atoms with E-state index in [1.54, 1.807) is 17.9 Å². The van der Waals surface area contributed by atoms with Crippen molar-refractivity contribution in [3.05, 3.63) is 37.0 Å². The molecule has 0 aromatic rings. The molecule has 24 heavy (non-hydrogen) atoms. The van der Waals surface area contributed by atoms with Gasteiger partial charge in [-0.3, -0.25) is 9.59 Å². The number of nitrogens with zero attached hydrogens (tertiary/aromatic N) is 1. The average molecular weight is 340 g/mol. The molecule has 1 aliphatic heterocycles. The average Bonchev–Trinajstić information content (AvgIpc) is 3.00. The van der Waals surface area contributed by atoms with Crippen molar-refractivity contribution in [1.29, 1.82) is 0 Å². The Morgan fingerprint density at radius 3 is 2.12 bits per heavy atom. The third-order valence-electron chi connectivity index (χ3n) is 2.78. The summed E-state index contributed by atoms with van der Waals surface area (Å²) in [6.07, 6.45) is 14.6. The molecule has 0 saturated carbocycles. The second kappa shape index (κ2) is 23.4.